The molecule has 0 radical (unpaired) electrons. The summed E-state index contributed by atoms with van der Waals surface area (Å²) in [6.07, 6.45) is 3.67. The third-order valence-electron chi connectivity index (χ3n) is 4.55. The lowest BCUT2D eigenvalue weighted by molar-refractivity contribution is 0.252. The number of nitrogens with one attached hydrogen (secondary N) is 1. The zero-order valence-electron chi connectivity index (χ0n) is 12.9. The van der Waals surface area contributed by atoms with E-state index >= 15 is 0 Å². The van der Waals surface area contributed by atoms with Gasteiger partial charge in [0.25, 0.3) is 6.01 Å². The summed E-state index contributed by atoms with van der Waals surface area (Å²) in [6, 6.07) is 8.61. The van der Waals surface area contributed by atoms with Gasteiger partial charge >= 0.3 is 6.03 Å². The number of amides is 2. The van der Waals surface area contributed by atoms with Gasteiger partial charge in [0.2, 0.25) is 0 Å². The Morgan fingerprint density at radius 2 is 2.12 bits per heavy atom. The summed E-state index contributed by atoms with van der Waals surface area (Å²) < 4.78 is 7.70. The number of nitrogens with zero attached hydrogens (tertiary/aromatic N) is 5. The highest BCUT2D eigenvalue weighted by atomic mass is 16.4. The number of fused-ring (bicyclic) bond motifs is 1. The van der Waals surface area contributed by atoms with Crippen molar-refractivity contribution in [3.63, 3.8) is 0 Å². The Hall–Kier alpha value is -3.03. The maximum absolute atomic E-state index is 11.7. The van der Waals surface area contributed by atoms with Crippen LogP contribution in [0, 0.1) is 0 Å². The zero-order chi connectivity index (χ0) is 16.1. The fourth-order valence-electron chi connectivity index (χ4n) is 3.16. The van der Waals surface area contributed by atoms with Crippen LogP contribution in [0.5, 0.6) is 0 Å². The minimum atomic E-state index is -0.0590. The van der Waals surface area contributed by atoms with Crippen molar-refractivity contribution in [3.05, 3.63) is 36.7 Å². The summed E-state index contributed by atoms with van der Waals surface area (Å²) in [4.78, 5) is 20.0. The summed E-state index contributed by atoms with van der Waals surface area (Å²) in [5.41, 5.74) is 2.51. The van der Waals surface area contributed by atoms with Crippen LogP contribution in [-0.4, -0.2) is 47.0 Å². The molecule has 2 fully saturated rings. The fraction of sp³-hybridized carbons (Fsp3) is 0.312. The van der Waals surface area contributed by atoms with E-state index in [0.29, 0.717) is 19.1 Å². The highest BCUT2D eigenvalue weighted by molar-refractivity contribution is 5.93. The Kier molecular flexibility index (Phi) is 2.79. The van der Waals surface area contributed by atoms with Crippen LogP contribution < -0.4 is 15.1 Å². The Morgan fingerprint density at radius 1 is 1.25 bits per heavy atom. The van der Waals surface area contributed by atoms with Crippen LogP contribution in [-0.2, 0) is 0 Å². The molecule has 122 valence electrons. The Labute approximate surface area is 137 Å². The molecule has 2 saturated heterocycles. The predicted molar refractivity (Wildman–Crippen MR) is 88.2 cm³/mol. The highest BCUT2D eigenvalue weighted by Crippen LogP contribution is 2.30. The first-order valence-corrected chi connectivity index (χ1v) is 7.98. The number of hydrogen-bond donors (Lipinski definition) is 1. The lowest BCUT2D eigenvalue weighted by Crippen LogP contribution is -2.48. The Balaban J connectivity index is 1.29. The fourth-order valence-corrected chi connectivity index (χ4v) is 3.16. The number of oxazole rings is 1. The molecule has 2 aliphatic rings. The first-order valence-electron chi connectivity index (χ1n) is 7.98. The number of benzene rings is 1. The number of para-hydroxylation sites is 2. The molecular weight excluding hydrogens is 308 g/mol. The van der Waals surface area contributed by atoms with Crippen molar-refractivity contribution in [1.82, 2.24) is 20.1 Å². The van der Waals surface area contributed by atoms with Gasteiger partial charge in [0.15, 0.2) is 5.58 Å². The quantitative estimate of drug-likeness (QED) is 0.792. The smallest absolute Gasteiger partial charge is 0.322 e. The van der Waals surface area contributed by atoms with Gasteiger partial charge in [0, 0.05) is 32.4 Å². The number of rotatable bonds is 3. The molecule has 4 heterocycles. The van der Waals surface area contributed by atoms with Crippen molar-refractivity contribution in [2.45, 2.75) is 6.04 Å². The van der Waals surface area contributed by atoms with E-state index in [2.05, 4.69) is 20.3 Å². The average Bonchev–Trinajstić information content (AvgIpc) is 3.24. The molecule has 8 heteroatoms. The molecule has 24 heavy (non-hydrogen) atoms. The van der Waals surface area contributed by atoms with Crippen LogP contribution in [0.15, 0.2) is 41.1 Å². The van der Waals surface area contributed by atoms with E-state index in [1.165, 1.54) is 0 Å². The van der Waals surface area contributed by atoms with Gasteiger partial charge in [-0.15, -0.1) is 0 Å². The summed E-state index contributed by atoms with van der Waals surface area (Å²) in [5.74, 6) is 0. The van der Waals surface area contributed by atoms with E-state index in [1.807, 2.05) is 35.1 Å². The molecule has 0 spiro atoms. The molecule has 2 amide bonds. The molecule has 0 saturated carbocycles. The maximum atomic E-state index is 11.7. The molecule has 0 unspecified atom stereocenters. The van der Waals surface area contributed by atoms with Crippen LogP contribution in [0.2, 0.25) is 0 Å². The SMILES string of the molecule is O=C1NCCN1c1cnn(C2CN(c3nc4ccccc4o3)C2)c1. The van der Waals surface area contributed by atoms with Crippen molar-refractivity contribution in [2.24, 2.45) is 0 Å². The number of hydrogen-bond acceptors (Lipinski definition) is 5. The van der Waals surface area contributed by atoms with Gasteiger partial charge in [-0.05, 0) is 12.1 Å². The van der Waals surface area contributed by atoms with Crippen LogP contribution in [0.4, 0.5) is 16.5 Å². The van der Waals surface area contributed by atoms with E-state index in [-0.39, 0.29) is 12.1 Å². The summed E-state index contributed by atoms with van der Waals surface area (Å²) in [7, 11) is 0. The molecule has 2 aromatic heterocycles. The van der Waals surface area contributed by atoms with Gasteiger partial charge in [0.05, 0.1) is 17.9 Å². The van der Waals surface area contributed by atoms with Gasteiger partial charge in [-0.3, -0.25) is 9.58 Å². The molecule has 0 bridgehead atoms. The second kappa shape index (κ2) is 4.98. The second-order valence-corrected chi connectivity index (χ2v) is 6.09. The first kappa shape index (κ1) is 13.4. The summed E-state index contributed by atoms with van der Waals surface area (Å²) >= 11 is 0. The first-order chi connectivity index (χ1) is 11.8. The number of carbonyl (C=O) groups is 1. The van der Waals surface area contributed by atoms with Crippen LogP contribution in [0.25, 0.3) is 11.1 Å². The minimum absolute atomic E-state index is 0.0590. The molecule has 3 aromatic rings. The molecule has 1 N–H and O–H groups in total. The number of carbonyl (C=O) groups excluding carboxylic acids is 1. The van der Waals surface area contributed by atoms with Gasteiger partial charge in [0.1, 0.15) is 5.52 Å². The standard InChI is InChI=1S/C16H16N6O2/c23-15-17-5-6-21(15)11-7-18-22(10-11)12-8-20(9-12)16-19-13-3-1-2-4-14(13)24-16/h1-4,7,10,12H,5-6,8-9H2,(H,17,23). The van der Waals surface area contributed by atoms with Crippen molar-refractivity contribution in [1.29, 1.82) is 0 Å². The van der Waals surface area contributed by atoms with E-state index in [0.717, 1.165) is 29.9 Å². The van der Waals surface area contributed by atoms with Crippen LogP contribution >= 0.6 is 0 Å². The largest absolute Gasteiger partial charge is 0.423 e. The van der Waals surface area contributed by atoms with Gasteiger partial charge in [-0.25, -0.2) is 4.79 Å². The molecule has 2 aliphatic heterocycles. The average molecular weight is 324 g/mol. The topological polar surface area (TPSA) is 79.4 Å². The normalized spacial score (nSPS) is 18.2. The van der Waals surface area contributed by atoms with Crippen molar-refractivity contribution >= 4 is 28.8 Å². The zero-order valence-corrected chi connectivity index (χ0v) is 12.9. The number of urea groups is 1. The van der Waals surface area contributed by atoms with Gasteiger partial charge in [-0.1, -0.05) is 12.1 Å². The Bertz CT molecular complexity index is 877. The lowest BCUT2D eigenvalue weighted by atomic mass is 10.1. The number of aromatic nitrogens is 3. The predicted octanol–water partition coefficient (Wildman–Crippen LogP) is 1.62. The minimum Gasteiger partial charge on any atom is -0.423 e. The van der Waals surface area contributed by atoms with Gasteiger partial charge < -0.3 is 14.6 Å². The van der Waals surface area contributed by atoms with Crippen LogP contribution in [0.1, 0.15) is 6.04 Å². The van der Waals surface area contributed by atoms with E-state index in [4.69, 9.17) is 4.42 Å². The van der Waals surface area contributed by atoms with Gasteiger partial charge in [-0.2, -0.15) is 10.1 Å². The van der Waals surface area contributed by atoms with E-state index in [9.17, 15) is 4.79 Å². The lowest BCUT2D eigenvalue weighted by Gasteiger charge is -2.37. The Morgan fingerprint density at radius 3 is 2.92 bits per heavy atom. The van der Waals surface area contributed by atoms with Crippen molar-refractivity contribution < 1.29 is 9.21 Å². The molecule has 8 nitrogen and oxygen atoms in total. The van der Waals surface area contributed by atoms with E-state index < -0.39 is 0 Å². The third kappa shape index (κ3) is 2.03. The molecule has 5 rings (SSSR count). The monoisotopic (exact) mass is 324 g/mol. The molecule has 0 atom stereocenters. The van der Waals surface area contributed by atoms with Crippen molar-refractivity contribution in [2.75, 3.05) is 36.0 Å². The van der Waals surface area contributed by atoms with Crippen molar-refractivity contribution in [3.8, 4) is 0 Å². The maximum Gasteiger partial charge on any atom is 0.322 e. The van der Waals surface area contributed by atoms with E-state index in [1.54, 1.807) is 11.1 Å². The van der Waals surface area contributed by atoms with Crippen LogP contribution in [0.3, 0.4) is 0 Å². The second-order valence-electron chi connectivity index (χ2n) is 6.09. The number of anilines is 2. The molecule has 1 aromatic carbocycles. The summed E-state index contributed by atoms with van der Waals surface area (Å²) in [5, 5.41) is 7.20. The molecular formula is C16H16N6O2. The third-order valence-corrected chi connectivity index (χ3v) is 4.55. The highest BCUT2D eigenvalue weighted by Gasteiger charge is 2.33. The summed E-state index contributed by atoms with van der Waals surface area (Å²) in [6.45, 7) is 2.95. The molecule has 0 aliphatic carbocycles.